The van der Waals surface area contributed by atoms with Gasteiger partial charge in [0.05, 0.1) is 23.2 Å². The highest BCUT2D eigenvalue weighted by Gasteiger charge is 2.22. The van der Waals surface area contributed by atoms with Crippen molar-refractivity contribution in [1.29, 1.82) is 0 Å². The van der Waals surface area contributed by atoms with Crippen molar-refractivity contribution in [3.63, 3.8) is 0 Å². The first-order valence-corrected chi connectivity index (χ1v) is 9.43. The molecular formula is C21H20ClFN2O4. The Kier molecular flexibility index (Phi) is 6.00. The van der Waals surface area contributed by atoms with Gasteiger partial charge in [-0.3, -0.25) is 9.78 Å². The summed E-state index contributed by atoms with van der Waals surface area (Å²) >= 11 is 5.84. The molecule has 6 nitrogen and oxygen atoms in total. The zero-order chi connectivity index (χ0) is 21.3. The molecule has 0 spiro atoms. The van der Waals surface area contributed by atoms with Gasteiger partial charge in [-0.1, -0.05) is 37.6 Å². The van der Waals surface area contributed by atoms with Gasteiger partial charge in [-0.15, -0.1) is 0 Å². The highest BCUT2D eigenvalue weighted by molar-refractivity contribution is 6.30. The summed E-state index contributed by atoms with van der Waals surface area (Å²) in [6.07, 6.45) is 2.85. The van der Waals surface area contributed by atoms with Crippen molar-refractivity contribution in [3.05, 3.63) is 74.4 Å². The summed E-state index contributed by atoms with van der Waals surface area (Å²) in [5.41, 5.74) is 0.238. The van der Waals surface area contributed by atoms with Crippen molar-refractivity contribution in [2.24, 2.45) is 5.92 Å². The second-order valence-electron chi connectivity index (χ2n) is 7.18. The number of carbonyl (C=O) groups is 1. The molecular weight excluding hydrogens is 399 g/mol. The summed E-state index contributed by atoms with van der Waals surface area (Å²) in [7, 11) is 0. The monoisotopic (exact) mass is 418 g/mol. The summed E-state index contributed by atoms with van der Waals surface area (Å²) < 4.78 is 15.8. The van der Waals surface area contributed by atoms with Gasteiger partial charge in [-0.05, 0) is 29.2 Å². The molecule has 1 aromatic carbocycles. The number of aromatic nitrogens is 2. The van der Waals surface area contributed by atoms with Gasteiger partial charge in [0.25, 0.3) is 0 Å². The first-order chi connectivity index (χ1) is 13.7. The summed E-state index contributed by atoms with van der Waals surface area (Å²) in [5.74, 6) is -1.93. The largest absolute Gasteiger partial charge is 0.477 e. The fourth-order valence-corrected chi connectivity index (χ4v) is 3.50. The molecule has 0 aliphatic carbocycles. The minimum absolute atomic E-state index is 0.0133. The topological polar surface area (TPSA) is 92.4 Å². The van der Waals surface area contributed by atoms with Gasteiger partial charge in [0, 0.05) is 18.8 Å². The number of pyridine rings is 2. The number of aliphatic hydroxyl groups excluding tert-OH is 1. The molecule has 0 saturated heterocycles. The number of aromatic carboxylic acids is 1. The minimum Gasteiger partial charge on any atom is -0.477 e. The molecule has 0 unspecified atom stereocenters. The normalized spacial score (nSPS) is 12.5. The number of hydrogen-bond acceptors (Lipinski definition) is 4. The lowest BCUT2D eigenvalue weighted by molar-refractivity contribution is 0.0694. The molecule has 0 aliphatic heterocycles. The highest BCUT2D eigenvalue weighted by atomic mass is 35.5. The summed E-state index contributed by atoms with van der Waals surface area (Å²) in [4.78, 5) is 28.3. The van der Waals surface area contributed by atoms with Gasteiger partial charge in [-0.25, -0.2) is 9.18 Å². The van der Waals surface area contributed by atoms with Gasteiger partial charge in [0.2, 0.25) is 5.43 Å². The molecule has 29 heavy (non-hydrogen) atoms. The number of benzene rings is 1. The number of carboxylic acid groups (broad SMARTS) is 1. The molecule has 1 atom stereocenters. The van der Waals surface area contributed by atoms with E-state index in [-0.39, 0.29) is 29.5 Å². The van der Waals surface area contributed by atoms with Crippen LogP contribution < -0.4 is 5.43 Å². The molecule has 2 heterocycles. The Morgan fingerprint density at radius 2 is 2.07 bits per heavy atom. The Hall–Kier alpha value is -2.77. The van der Waals surface area contributed by atoms with Crippen LogP contribution in [-0.4, -0.2) is 32.3 Å². The van der Waals surface area contributed by atoms with Crippen LogP contribution in [0.2, 0.25) is 5.02 Å². The van der Waals surface area contributed by atoms with E-state index in [4.69, 9.17) is 11.6 Å². The first kappa shape index (κ1) is 21.0. The fourth-order valence-electron chi connectivity index (χ4n) is 3.31. The van der Waals surface area contributed by atoms with E-state index in [1.807, 2.05) is 13.8 Å². The van der Waals surface area contributed by atoms with Crippen molar-refractivity contribution in [2.45, 2.75) is 26.3 Å². The van der Waals surface area contributed by atoms with Gasteiger partial charge in [-0.2, -0.15) is 0 Å². The van der Waals surface area contributed by atoms with E-state index in [0.717, 1.165) is 0 Å². The lowest BCUT2D eigenvalue weighted by Gasteiger charge is -2.24. The number of rotatable bonds is 6. The third-order valence-electron chi connectivity index (χ3n) is 4.90. The number of hydrogen-bond donors (Lipinski definition) is 2. The van der Waals surface area contributed by atoms with E-state index in [1.54, 1.807) is 22.8 Å². The van der Waals surface area contributed by atoms with Gasteiger partial charge in [0.15, 0.2) is 0 Å². The van der Waals surface area contributed by atoms with E-state index in [2.05, 4.69) is 4.98 Å². The van der Waals surface area contributed by atoms with Crippen LogP contribution in [0.1, 0.15) is 41.4 Å². The number of carboxylic acids is 1. The average Bonchev–Trinajstić information content (AvgIpc) is 2.67. The Balaban J connectivity index is 2.22. The van der Waals surface area contributed by atoms with Crippen molar-refractivity contribution in [2.75, 3.05) is 6.61 Å². The molecule has 2 aromatic heterocycles. The molecule has 0 fully saturated rings. The zero-order valence-electron chi connectivity index (χ0n) is 15.9. The second kappa shape index (κ2) is 8.31. The summed E-state index contributed by atoms with van der Waals surface area (Å²) in [5, 5.41) is 19.3. The van der Waals surface area contributed by atoms with Crippen LogP contribution in [-0.2, 0) is 6.42 Å². The molecule has 0 saturated carbocycles. The third-order valence-corrected chi connectivity index (χ3v) is 5.19. The van der Waals surface area contributed by atoms with Crippen LogP contribution in [0, 0.1) is 11.7 Å². The van der Waals surface area contributed by atoms with Gasteiger partial charge < -0.3 is 14.8 Å². The molecule has 0 amide bonds. The number of halogens is 2. The standard InChI is InChI=1S/C21H20ClFN2O4/c1-11(2)17(10-26)25-9-14(21(28)29)20(27)19-16(25)7-12(8-24-19)6-13-4-3-5-15(22)18(13)23/h3-5,7-9,11,17,26H,6,10H2,1-2H3,(H,28,29)/t17-/m1/s1. The van der Waals surface area contributed by atoms with Gasteiger partial charge in [0.1, 0.15) is 16.9 Å². The van der Waals surface area contributed by atoms with Crippen LogP contribution in [0.15, 0.2) is 41.5 Å². The highest BCUT2D eigenvalue weighted by Crippen LogP contribution is 2.25. The molecule has 0 radical (unpaired) electrons. The molecule has 0 aliphatic rings. The Morgan fingerprint density at radius 1 is 1.34 bits per heavy atom. The van der Waals surface area contributed by atoms with Crippen LogP contribution >= 0.6 is 11.6 Å². The van der Waals surface area contributed by atoms with Crippen molar-refractivity contribution >= 4 is 28.6 Å². The molecule has 8 heteroatoms. The quantitative estimate of drug-likeness (QED) is 0.637. The summed E-state index contributed by atoms with van der Waals surface area (Å²) in [6, 6.07) is 5.91. The maximum absolute atomic E-state index is 14.3. The molecule has 152 valence electrons. The Morgan fingerprint density at radius 3 is 2.69 bits per heavy atom. The predicted molar refractivity (Wildman–Crippen MR) is 108 cm³/mol. The smallest absolute Gasteiger partial charge is 0.341 e. The second-order valence-corrected chi connectivity index (χ2v) is 7.59. The number of fused-ring (bicyclic) bond motifs is 1. The van der Waals surface area contributed by atoms with Crippen LogP contribution in [0.5, 0.6) is 0 Å². The van der Waals surface area contributed by atoms with Crippen molar-refractivity contribution in [3.8, 4) is 0 Å². The van der Waals surface area contributed by atoms with Crippen LogP contribution in [0.25, 0.3) is 11.0 Å². The SMILES string of the molecule is CC(C)[C@@H](CO)n1cc(C(=O)O)c(=O)c2ncc(Cc3cccc(Cl)c3F)cc21. The van der Waals surface area contributed by atoms with Crippen LogP contribution in [0.4, 0.5) is 4.39 Å². The first-order valence-electron chi connectivity index (χ1n) is 9.05. The van der Waals surface area contributed by atoms with Crippen molar-refractivity contribution < 1.29 is 19.4 Å². The molecule has 3 rings (SSSR count). The lowest BCUT2D eigenvalue weighted by Crippen LogP contribution is -2.26. The molecule has 2 N–H and O–H groups in total. The predicted octanol–water partition coefficient (Wildman–Crippen LogP) is 3.67. The van der Waals surface area contributed by atoms with E-state index < -0.39 is 28.8 Å². The molecule has 3 aromatic rings. The number of aliphatic hydroxyl groups is 1. The Labute approximate surface area is 171 Å². The zero-order valence-corrected chi connectivity index (χ0v) is 16.7. The summed E-state index contributed by atoms with van der Waals surface area (Å²) in [6.45, 7) is 3.51. The Bertz CT molecular complexity index is 1140. The minimum atomic E-state index is -1.36. The van der Waals surface area contributed by atoms with E-state index in [1.165, 1.54) is 18.5 Å². The van der Waals surface area contributed by atoms with E-state index in [9.17, 15) is 24.2 Å². The maximum Gasteiger partial charge on any atom is 0.341 e. The number of nitrogens with zero attached hydrogens (tertiary/aromatic N) is 2. The maximum atomic E-state index is 14.3. The lowest BCUT2D eigenvalue weighted by atomic mass is 10.0. The third kappa shape index (κ3) is 4.02. The fraction of sp³-hybridized carbons (Fsp3) is 0.286. The van der Waals surface area contributed by atoms with Crippen LogP contribution in [0.3, 0.4) is 0 Å². The average molecular weight is 419 g/mol. The van der Waals surface area contributed by atoms with Gasteiger partial charge >= 0.3 is 5.97 Å². The van der Waals surface area contributed by atoms with E-state index in [0.29, 0.717) is 16.6 Å². The van der Waals surface area contributed by atoms with Crippen molar-refractivity contribution in [1.82, 2.24) is 9.55 Å². The molecule has 0 bridgehead atoms. The van der Waals surface area contributed by atoms with E-state index >= 15 is 0 Å².